The molecule has 2 rings (SSSR count). The number of fused-ring (bicyclic) bond motifs is 1. The molecule has 3 heteroatoms. The van der Waals surface area contributed by atoms with Crippen LogP contribution in [0.15, 0.2) is 12.5 Å². The maximum absolute atomic E-state index is 4.10. The van der Waals surface area contributed by atoms with Crippen molar-refractivity contribution in [3.8, 4) is 0 Å². The summed E-state index contributed by atoms with van der Waals surface area (Å²) in [6, 6.07) is 0. The quantitative estimate of drug-likeness (QED) is 0.614. The van der Waals surface area contributed by atoms with Gasteiger partial charge in [-0.2, -0.15) is 0 Å². The van der Waals surface area contributed by atoms with E-state index in [9.17, 15) is 0 Å². The van der Waals surface area contributed by atoms with Crippen LogP contribution in [-0.4, -0.2) is 15.0 Å². The van der Waals surface area contributed by atoms with Crippen molar-refractivity contribution in [1.82, 2.24) is 15.0 Å². The van der Waals surface area contributed by atoms with Gasteiger partial charge < -0.3 is 4.98 Å². The molecule has 0 aromatic carbocycles. The van der Waals surface area contributed by atoms with E-state index in [1.165, 1.54) is 11.3 Å². The zero-order chi connectivity index (χ0) is 7.84. The van der Waals surface area contributed by atoms with Crippen molar-refractivity contribution in [2.45, 2.75) is 13.8 Å². The highest BCUT2D eigenvalue weighted by atomic mass is 14.9. The summed E-state index contributed by atoms with van der Waals surface area (Å²) in [5, 5.41) is 1.12. The van der Waals surface area contributed by atoms with E-state index in [4.69, 9.17) is 0 Å². The van der Waals surface area contributed by atoms with Crippen molar-refractivity contribution in [3.05, 3.63) is 23.8 Å². The number of hydrogen-bond donors (Lipinski definition) is 1. The Kier molecular flexibility index (Phi) is 1.18. The first kappa shape index (κ1) is 6.34. The zero-order valence-electron chi connectivity index (χ0n) is 6.55. The molecule has 0 bridgehead atoms. The third-order valence-electron chi connectivity index (χ3n) is 1.98. The predicted molar refractivity (Wildman–Crippen MR) is 43.4 cm³/mol. The van der Waals surface area contributed by atoms with Crippen LogP contribution < -0.4 is 0 Å². The number of rotatable bonds is 0. The van der Waals surface area contributed by atoms with Gasteiger partial charge in [-0.15, -0.1) is 0 Å². The van der Waals surface area contributed by atoms with Crippen molar-refractivity contribution in [2.24, 2.45) is 0 Å². The smallest absolute Gasteiger partial charge is 0.141 e. The monoisotopic (exact) mass is 147 g/mol. The van der Waals surface area contributed by atoms with Crippen molar-refractivity contribution >= 4 is 11.0 Å². The van der Waals surface area contributed by atoms with Gasteiger partial charge in [-0.05, 0) is 19.4 Å². The third kappa shape index (κ3) is 0.808. The minimum absolute atomic E-state index is 0.926. The van der Waals surface area contributed by atoms with Gasteiger partial charge in [-0.3, -0.25) is 0 Å². The first-order valence-corrected chi connectivity index (χ1v) is 3.54. The second kappa shape index (κ2) is 2.05. The number of hydrogen-bond acceptors (Lipinski definition) is 2. The molecule has 0 saturated heterocycles. The Bertz CT molecular complexity index is 389. The summed E-state index contributed by atoms with van der Waals surface area (Å²) in [7, 11) is 0. The summed E-state index contributed by atoms with van der Waals surface area (Å²) >= 11 is 0. The molecule has 0 radical (unpaired) electrons. The minimum Gasteiger partial charge on any atom is -0.343 e. The molecule has 2 aromatic rings. The molecule has 56 valence electrons. The van der Waals surface area contributed by atoms with Crippen LogP contribution in [-0.2, 0) is 0 Å². The van der Waals surface area contributed by atoms with Gasteiger partial charge in [-0.1, -0.05) is 0 Å². The van der Waals surface area contributed by atoms with E-state index in [0.717, 1.165) is 11.0 Å². The average molecular weight is 147 g/mol. The largest absolute Gasteiger partial charge is 0.343 e. The van der Waals surface area contributed by atoms with Crippen LogP contribution in [0.2, 0.25) is 0 Å². The normalized spacial score (nSPS) is 10.7. The Hall–Kier alpha value is -1.38. The maximum atomic E-state index is 4.10. The number of nitrogens with one attached hydrogen (secondary N) is 1. The summed E-state index contributed by atoms with van der Waals surface area (Å²) in [5.41, 5.74) is 3.33. The number of aromatic amines is 1. The summed E-state index contributed by atoms with van der Waals surface area (Å²) in [6.45, 7) is 4.11. The van der Waals surface area contributed by atoms with Crippen LogP contribution in [0.25, 0.3) is 11.0 Å². The van der Waals surface area contributed by atoms with E-state index in [1.807, 2.05) is 13.1 Å². The van der Waals surface area contributed by atoms with E-state index in [2.05, 4.69) is 21.9 Å². The van der Waals surface area contributed by atoms with Crippen LogP contribution >= 0.6 is 0 Å². The molecule has 0 aliphatic rings. The molecule has 0 atom stereocenters. The van der Waals surface area contributed by atoms with E-state index in [-0.39, 0.29) is 0 Å². The molecule has 0 spiro atoms. The summed E-state index contributed by atoms with van der Waals surface area (Å²) in [4.78, 5) is 11.2. The van der Waals surface area contributed by atoms with Gasteiger partial charge in [0.2, 0.25) is 0 Å². The highest BCUT2D eigenvalue weighted by Crippen LogP contribution is 2.16. The van der Waals surface area contributed by atoms with Crippen LogP contribution in [0.5, 0.6) is 0 Å². The summed E-state index contributed by atoms with van der Waals surface area (Å²) in [5.74, 6) is 0. The van der Waals surface area contributed by atoms with Gasteiger partial charge in [0.05, 0.1) is 0 Å². The number of aromatic nitrogens is 3. The van der Waals surface area contributed by atoms with Crippen LogP contribution in [0.3, 0.4) is 0 Å². The summed E-state index contributed by atoms with van der Waals surface area (Å²) < 4.78 is 0. The van der Waals surface area contributed by atoms with E-state index in [0.29, 0.717) is 0 Å². The molecule has 0 saturated carbocycles. The molecule has 0 aliphatic heterocycles. The van der Waals surface area contributed by atoms with Gasteiger partial charge in [0, 0.05) is 17.3 Å². The van der Waals surface area contributed by atoms with Crippen LogP contribution in [0, 0.1) is 13.8 Å². The van der Waals surface area contributed by atoms with Gasteiger partial charge in [-0.25, -0.2) is 9.97 Å². The second-order valence-corrected chi connectivity index (χ2v) is 2.66. The molecule has 3 nitrogen and oxygen atoms in total. The Morgan fingerprint density at radius 2 is 2.18 bits per heavy atom. The molecule has 1 N–H and O–H groups in total. The molecule has 11 heavy (non-hydrogen) atoms. The Morgan fingerprint density at radius 3 is 2.91 bits per heavy atom. The Balaban J connectivity index is 2.92. The standard InChI is InChI=1S/C8H9N3/c1-5-6(2)11-8-7(5)3-9-4-10-8/h3-4H,1-2H3,(H,9,10,11). The fraction of sp³-hybridized carbons (Fsp3) is 0.250. The molecular weight excluding hydrogens is 138 g/mol. The number of nitrogens with zero attached hydrogens (tertiary/aromatic N) is 2. The second-order valence-electron chi connectivity index (χ2n) is 2.66. The van der Waals surface area contributed by atoms with E-state index < -0.39 is 0 Å². The van der Waals surface area contributed by atoms with Gasteiger partial charge in [0.15, 0.2) is 0 Å². The average Bonchev–Trinajstić information content (AvgIpc) is 2.30. The predicted octanol–water partition coefficient (Wildman–Crippen LogP) is 1.57. The van der Waals surface area contributed by atoms with Crippen LogP contribution in [0.1, 0.15) is 11.3 Å². The lowest BCUT2D eigenvalue weighted by Crippen LogP contribution is -1.76. The fourth-order valence-electron chi connectivity index (χ4n) is 1.18. The lowest BCUT2D eigenvalue weighted by Gasteiger charge is -1.86. The van der Waals surface area contributed by atoms with E-state index in [1.54, 1.807) is 6.33 Å². The molecule has 0 fully saturated rings. The van der Waals surface area contributed by atoms with Crippen LogP contribution in [0.4, 0.5) is 0 Å². The maximum Gasteiger partial charge on any atom is 0.141 e. The third-order valence-corrected chi connectivity index (χ3v) is 1.98. The van der Waals surface area contributed by atoms with Crippen molar-refractivity contribution in [1.29, 1.82) is 0 Å². The topological polar surface area (TPSA) is 41.6 Å². The first-order chi connectivity index (χ1) is 5.29. The highest BCUT2D eigenvalue weighted by Gasteiger charge is 2.02. The Labute approximate surface area is 64.5 Å². The van der Waals surface area contributed by atoms with Gasteiger partial charge >= 0.3 is 0 Å². The molecule has 2 aromatic heterocycles. The fourth-order valence-corrected chi connectivity index (χ4v) is 1.18. The lowest BCUT2D eigenvalue weighted by molar-refractivity contribution is 1.18. The SMILES string of the molecule is Cc1[nH]c2ncncc2c1C. The van der Waals surface area contributed by atoms with Crippen molar-refractivity contribution in [3.63, 3.8) is 0 Å². The molecular formula is C8H9N3. The molecule has 2 heterocycles. The van der Waals surface area contributed by atoms with E-state index >= 15 is 0 Å². The minimum atomic E-state index is 0.926. The number of aryl methyl sites for hydroxylation is 2. The van der Waals surface area contributed by atoms with Crippen molar-refractivity contribution in [2.75, 3.05) is 0 Å². The highest BCUT2D eigenvalue weighted by molar-refractivity contribution is 5.79. The Morgan fingerprint density at radius 1 is 1.36 bits per heavy atom. The molecule has 0 unspecified atom stereocenters. The lowest BCUT2D eigenvalue weighted by atomic mass is 10.2. The molecule has 0 amide bonds. The van der Waals surface area contributed by atoms with Gasteiger partial charge in [0.1, 0.15) is 12.0 Å². The zero-order valence-corrected chi connectivity index (χ0v) is 6.55. The number of H-pyrrole nitrogens is 1. The summed E-state index contributed by atoms with van der Waals surface area (Å²) in [6.07, 6.45) is 3.39. The van der Waals surface area contributed by atoms with Gasteiger partial charge in [0.25, 0.3) is 0 Å². The van der Waals surface area contributed by atoms with Crippen molar-refractivity contribution < 1.29 is 0 Å². The molecule has 0 aliphatic carbocycles. The first-order valence-electron chi connectivity index (χ1n) is 3.54.